The number of aliphatic hydroxyl groups is 1. The monoisotopic (exact) mass is 322 g/mol. The SMILES string of the molecule is C[N+]1(CC(O)COCCC23CC4CC(CC(C4)C2)C3)CCCC1. The Kier molecular flexibility index (Phi) is 4.49. The molecule has 0 spiro atoms. The summed E-state index contributed by atoms with van der Waals surface area (Å²) in [5, 5.41) is 10.3. The molecular formula is C20H36NO2+. The molecule has 1 atom stereocenters. The molecule has 23 heavy (non-hydrogen) atoms. The van der Waals surface area contributed by atoms with Crippen LogP contribution in [0.4, 0.5) is 0 Å². The Morgan fingerprint density at radius 1 is 1.04 bits per heavy atom. The van der Waals surface area contributed by atoms with Crippen LogP contribution in [0, 0.1) is 23.2 Å². The van der Waals surface area contributed by atoms with Gasteiger partial charge in [0.15, 0.2) is 0 Å². The molecule has 3 nitrogen and oxygen atoms in total. The molecule has 4 bridgehead atoms. The normalized spacial score (nSPS) is 42.3. The molecule has 4 aliphatic carbocycles. The molecule has 1 unspecified atom stereocenters. The van der Waals surface area contributed by atoms with Gasteiger partial charge in [-0.1, -0.05) is 0 Å². The van der Waals surface area contributed by atoms with Gasteiger partial charge in [0.2, 0.25) is 0 Å². The largest absolute Gasteiger partial charge is 0.385 e. The highest BCUT2D eigenvalue weighted by atomic mass is 16.5. The first-order valence-corrected chi connectivity index (χ1v) is 10.1. The van der Waals surface area contributed by atoms with E-state index in [1.54, 1.807) is 0 Å². The summed E-state index contributed by atoms with van der Waals surface area (Å²) < 4.78 is 6.97. The van der Waals surface area contributed by atoms with Crippen molar-refractivity contribution in [1.29, 1.82) is 0 Å². The van der Waals surface area contributed by atoms with Crippen LogP contribution in [-0.4, -0.2) is 55.6 Å². The third-order valence-corrected chi connectivity index (χ3v) is 7.55. The van der Waals surface area contributed by atoms with E-state index in [-0.39, 0.29) is 6.10 Å². The summed E-state index contributed by atoms with van der Waals surface area (Å²) in [7, 11) is 2.28. The smallest absolute Gasteiger partial charge is 0.126 e. The van der Waals surface area contributed by atoms with E-state index < -0.39 is 0 Å². The molecule has 5 fully saturated rings. The van der Waals surface area contributed by atoms with Crippen molar-refractivity contribution in [1.82, 2.24) is 0 Å². The van der Waals surface area contributed by atoms with Crippen molar-refractivity contribution in [3.8, 4) is 0 Å². The molecule has 132 valence electrons. The fraction of sp³-hybridized carbons (Fsp3) is 1.00. The molecule has 0 aromatic carbocycles. The number of hydrogen-bond donors (Lipinski definition) is 1. The Morgan fingerprint density at radius 2 is 1.61 bits per heavy atom. The van der Waals surface area contributed by atoms with Gasteiger partial charge in [-0.3, -0.25) is 0 Å². The summed E-state index contributed by atoms with van der Waals surface area (Å²) in [4.78, 5) is 0. The summed E-state index contributed by atoms with van der Waals surface area (Å²) >= 11 is 0. The molecule has 5 rings (SSSR count). The van der Waals surface area contributed by atoms with Crippen molar-refractivity contribution in [2.24, 2.45) is 23.2 Å². The number of quaternary nitrogens is 1. The Hall–Kier alpha value is -0.120. The van der Waals surface area contributed by atoms with Gasteiger partial charge in [0.1, 0.15) is 12.6 Å². The van der Waals surface area contributed by atoms with E-state index in [1.807, 2.05) is 0 Å². The maximum atomic E-state index is 10.3. The average molecular weight is 323 g/mol. The van der Waals surface area contributed by atoms with Crippen molar-refractivity contribution >= 4 is 0 Å². The fourth-order valence-corrected chi connectivity index (χ4v) is 6.95. The Balaban J connectivity index is 1.19. The Bertz CT molecular complexity index is 381. The van der Waals surface area contributed by atoms with Gasteiger partial charge in [0.25, 0.3) is 0 Å². The van der Waals surface area contributed by atoms with Crippen LogP contribution >= 0.6 is 0 Å². The van der Waals surface area contributed by atoms with Gasteiger partial charge < -0.3 is 14.3 Å². The average Bonchev–Trinajstić information content (AvgIpc) is 2.88. The van der Waals surface area contributed by atoms with Crippen LogP contribution in [0.2, 0.25) is 0 Å². The molecule has 0 amide bonds. The van der Waals surface area contributed by atoms with Crippen molar-refractivity contribution < 1.29 is 14.3 Å². The molecule has 0 aromatic rings. The van der Waals surface area contributed by atoms with Crippen LogP contribution in [0.25, 0.3) is 0 Å². The van der Waals surface area contributed by atoms with Gasteiger partial charge in [0.05, 0.1) is 26.7 Å². The highest BCUT2D eigenvalue weighted by Gasteiger charge is 2.50. The summed E-state index contributed by atoms with van der Waals surface area (Å²) in [5.74, 6) is 3.10. The minimum absolute atomic E-state index is 0.283. The second-order valence-corrected chi connectivity index (χ2v) is 9.85. The number of likely N-dealkylation sites (tertiary alicyclic amines) is 1. The van der Waals surface area contributed by atoms with Crippen LogP contribution in [0.1, 0.15) is 57.8 Å². The first-order chi connectivity index (χ1) is 11.0. The van der Waals surface area contributed by atoms with Gasteiger partial charge >= 0.3 is 0 Å². The molecule has 1 aliphatic heterocycles. The minimum atomic E-state index is -0.283. The molecular weight excluding hydrogens is 286 g/mol. The van der Waals surface area contributed by atoms with Crippen LogP contribution < -0.4 is 0 Å². The zero-order chi connectivity index (χ0) is 15.9. The molecule has 5 aliphatic rings. The van der Waals surface area contributed by atoms with Crippen LogP contribution in [0.3, 0.4) is 0 Å². The maximum Gasteiger partial charge on any atom is 0.126 e. The van der Waals surface area contributed by atoms with E-state index in [9.17, 15) is 5.11 Å². The van der Waals surface area contributed by atoms with Crippen molar-refractivity contribution in [3.05, 3.63) is 0 Å². The van der Waals surface area contributed by atoms with E-state index in [0.717, 1.165) is 35.4 Å². The summed E-state index contributed by atoms with van der Waals surface area (Å²) in [6.07, 6.45) is 12.6. The zero-order valence-electron chi connectivity index (χ0n) is 15.0. The molecule has 1 saturated heterocycles. The lowest BCUT2D eigenvalue weighted by atomic mass is 9.49. The highest BCUT2D eigenvalue weighted by molar-refractivity contribution is 5.01. The topological polar surface area (TPSA) is 29.5 Å². The van der Waals surface area contributed by atoms with Crippen LogP contribution in [0.5, 0.6) is 0 Å². The third-order valence-electron chi connectivity index (χ3n) is 7.55. The number of rotatable bonds is 7. The van der Waals surface area contributed by atoms with Crippen molar-refractivity contribution in [2.45, 2.75) is 63.9 Å². The first kappa shape index (κ1) is 16.4. The maximum absolute atomic E-state index is 10.3. The lowest BCUT2D eigenvalue weighted by Crippen LogP contribution is -2.48. The quantitative estimate of drug-likeness (QED) is 0.576. The summed E-state index contributed by atoms with van der Waals surface area (Å²) in [5.41, 5.74) is 0.618. The number of ether oxygens (including phenoxy) is 1. The second kappa shape index (κ2) is 6.31. The van der Waals surface area contributed by atoms with Crippen LogP contribution in [-0.2, 0) is 4.74 Å². The van der Waals surface area contributed by atoms with Gasteiger partial charge in [-0.2, -0.15) is 0 Å². The number of hydrogen-bond acceptors (Lipinski definition) is 2. The first-order valence-electron chi connectivity index (χ1n) is 10.1. The van der Waals surface area contributed by atoms with E-state index in [0.29, 0.717) is 12.0 Å². The third kappa shape index (κ3) is 3.62. The number of likely N-dealkylation sites (N-methyl/N-ethyl adjacent to an activating group) is 1. The fourth-order valence-electron chi connectivity index (χ4n) is 6.95. The van der Waals surface area contributed by atoms with Gasteiger partial charge in [-0.05, 0) is 68.1 Å². The second-order valence-electron chi connectivity index (χ2n) is 9.85. The van der Waals surface area contributed by atoms with Gasteiger partial charge in [-0.15, -0.1) is 0 Å². The molecule has 1 N–H and O–H groups in total. The molecule has 1 heterocycles. The standard InChI is InChI=1S/C20H36NO2/c1-21(5-2-3-6-21)14-19(22)15-23-7-4-20-11-16-8-17(12-20)10-18(9-16)13-20/h16-19,22H,2-15H2,1H3/q+1. The Labute approximate surface area is 142 Å². The van der Waals surface area contributed by atoms with E-state index in [2.05, 4.69) is 7.05 Å². The Morgan fingerprint density at radius 3 is 2.17 bits per heavy atom. The van der Waals surface area contributed by atoms with E-state index in [4.69, 9.17) is 4.74 Å². The molecule has 0 aromatic heterocycles. The zero-order valence-corrected chi connectivity index (χ0v) is 15.0. The lowest BCUT2D eigenvalue weighted by Gasteiger charge is -2.57. The highest BCUT2D eigenvalue weighted by Crippen LogP contribution is 2.61. The number of aliphatic hydroxyl groups excluding tert-OH is 1. The van der Waals surface area contributed by atoms with Gasteiger partial charge in [0, 0.05) is 19.4 Å². The summed E-state index contributed by atoms with van der Waals surface area (Å²) in [6.45, 7) is 4.74. The predicted molar refractivity (Wildman–Crippen MR) is 92.1 cm³/mol. The molecule has 4 saturated carbocycles. The van der Waals surface area contributed by atoms with Crippen LogP contribution in [0.15, 0.2) is 0 Å². The predicted octanol–water partition coefficient (Wildman–Crippen LogP) is 3.21. The molecule has 0 radical (unpaired) electrons. The van der Waals surface area contributed by atoms with E-state index in [1.165, 1.54) is 70.9 Å². The van der Waals surface area contributed by atoms with Crippen molar-refractivity contribution in [3.63, 3.8) is 0 Å². The lowest BCUT2D eigenvalue weighted by molar-refractivity contribution is -0.900. The van der Waals surface area contributed by atoms with Crippen molar-refractivity contribution in [2.75, 3.05) is 39.9 Å². The van der Waals surface area contributed by atoms with Gasteiger partial charge in [-0.25, -0.2) is 0 Å². The number of nitrogens with zero attached hydrogens (tertiary/aromatic N) is 1. The minimum Gasteiger partial charge on any atom is -0.385 e. The van der Waals surface area contributed by atoms with E-state index >= 15 is 0 Å². The summed E-state index contributed by atoms with van der Waals surface area (Å²) in [6, 6.07) is 0. The molecule has 3 heteroatoms.